The summed E-state index contributed by atoms with van der Waals surface area (Å²) in [4.78, 5) is 0. The molecule has 1 rings (SSSR count). The minimum absolute atomic E-state index is 0.534. The van der Waals surface area contributed by atoms with E-state index < -0.39 is 0 Å². The third-order valence-corrected chi connectivity index (χ3v) is 2.56. The Morgan fingerprint density at radius 2 is 2.25 bits per heavy atom. The second-order valence-electron chi connectivity index (χ2n) is 3.31. The Balaban J connectivity index is 2.27. The zero-order valence-electron chi connectivity index (χ0n) is 7.74. The lowest BCUT2D eigenvalue weighted by molar-refractivity contribution is 0.424. The Morgan fingerprint density at radius 1 is 1.50 bits per heavy atom. The molecule has 0 radical (unpaired) electrons. The van der Waals surface area contributed by atoms with Gasteiger partial charge in [-0.15, -0.1) is 5.10 Å². The molecule has 0 unspecified atom stereocenters. The van der Waals surface area contributed by atoms with Crippen LogP contribution in [0, 0.1) is 5.92 Å². The van der Waals surface area contributed by atoms with Crippen LogP contribution in [0.4, 0.5) is 0 Å². The van der Waals surface area contributed by atoms with E-state index in [1.165, 1.54) is 11.5 Å². The molecule has 0 fully saturated rings. The molecule has 1 heterocycles. The standard InChI is InChI=1S/C8H15N3S/c1-6(2)7(3)9-4-8-5-12-11-10-8/h5-7,9H,4H2,1-3H3/t7-/m1/s1. The first kappa shape index (κ1) is 9.61. The quantitative estimate of drug-likeness (QED) is 0.775. The van der Waals surface area contributed by atoms with Gasteiger partial charge in [-0.05, 0) is 24.4 Å². The number of hydrogen-bond donors (Lipinski definition) is 1. The van der Waals surface area contributed by atoms with E-state index >= 15 is 0 Å². The Bertz CT molecular complexity index is 208. The maximum atomic E-state index is 3.95. The average Bonchev–Trinajstić information content (AvgIpc) is 2.51. The van der Waals surface area contributed by atoms with Crippen LogP contribution in [0.2, 0.25) is 0 Å². The molecule has 0 bridgehead atoms. The van der Waals surface area contributed by atoms with Crippen LogP contribution < -0.4 is 5.32 Å². The highest BCUT2D eigenvalue weighted by atomic mass is 32.1. The Hall–Kier alpha value is -0.480. The maximum absolute atomic E-state index is 3.95. The van der Waals surface area contributed by atoms with Gasteiger partial charge in [-0.25, -0.2) is 0 Å². The van der Waals surface area contributed by atoms with Gasteiger partial charge in [0.2, 0.25) is 0 Å². The largest absolute Gasteiger partial charge is 0.308 e. The fourth-order valence-electron chi connectivity index (χ4n) is 0.762. The van der Waals surface area contributed by atoms with Gasteiger partial charge in [-0.2, -0.15) is 0 Å². The highest BCUT2D eigenvalue weighted by molar-refractivity contribution is 7.03. The molecular formula is C8H15N3S. The molecule has 1 aromatic rings. The smallest absolute Gasteiger partial charge is 0.0893 e. The lowest BCUT2D eigenvalue weighted by Crippen LogP contribution is -2.30. The summed E-state index contributed by atoms with van der Waals surface area (Å²) < 4.78 is 3.80. The van der Waals surface area contributed by atoms with Crippen LogP contribution in [0.25, 0.3) is 0 Å². The van der Waals surface area contributed by atoms with Crippen LogP contribution >= 0.6 is 11.5 Å². The van der Waals surface area contributed by atoms with Crippen molar-refractivity contribution in [3.63, 3.8) is 0 Å². The predicted molar refractivity (Wildman–Crippen MR) is 51.0 cm³/mol. The van der Waals surface area contributed by atoms with Crippen molar-refractivity contribution in [1.29, 1.82) is 0 Å². The van der Waals surface area contributed by atoms with Crippen LogP contribution in [-0.4, -0.2) is 15.6 Å². The monoisotopic (exact) mass is 185 g/mol. The Morgan fingerprint density at radius 3 is 2.75 bits per heavy atom. The van der Waals surface area contributed by atoms with E-state index in [9.17, 15) is 0 Å². The molecule has 0 amide bonds. The van der Waals surface area contributed by atoms with Gasteiger partial charge in [0.15, 0.2) is 0 Å². The molecular weight excluding hydrogens is 170 g/mol. The SMILES string of the molecule is CC(C)[C@@H](C)NCc1csnn1. The van der Waals surface area contributed by atoms with Crippen molar-refractivity contribution in [2.75, 3.05) is 0 Å². The van der Waals surface area contributed by atoms with Crippen LogP contribution in [0.5, 0.6) is 0 Å². The molecule has 0 aromatic carbocycles. The fraction of sp³-hybridized carbons (Fsp3) is 0.750. The van der Waals surface area contributed by atoms with E-state index in [-0.39, 0.29) is 0 Å². The zero-order chi connectivity index (χ0) is 8.97. The maximum Gasteiger partial charge on any atom is 0.0893 e. The molecule has 0 spiro atoms. The summed E-state index contributed by atoms with van der Waals surface area (Å²) in [7, 11) is 0. The van der Waals surface area contributed by atoms with Gasteiger partial charge in [0.25, 0.3) is 0 Å². The Labute approximate surface area is 77.4 Å². The second kappa shape index (κ2) is 4.52. The number of nitrogens with one attached hydrogen (secondary N) is 1. The lowest BCUT2D eigenvalue weighted by atomic mass is 10.1. The third kappa shape index (κ3) is 2.87. The molecule has 12 heavy (non-hydrogen) atoms. The van der Waals surface area contributed by atoms with Crippen molar-refractivity contribution in [3.05, 3.63) is 11.1 Å². The molecule has 0 saturated heterocycles. The van der Waals surface area contributed by atoms with E-state index in [1.807, 2.05) is 5.38 Å². The minimum Gasteiger partial charge on any atom is -0.308 e. The Kier molecular flexibility index (Phi) is 3.62. The van der Waals surface area contributed by atoms with Crippen LogP contribution in [0.3, 0.4) is 0 Å². The number of rotatable bonds is 4. The summed E-state index contributed by atoms with van der Waals surface area (Å²) in [5, 5.41) is 9.31. The molecule has 4 heteroatoms. The highest BCUT2D eigenvalue weighted by Crippen LogP contribution is 2.02. The van der Waals surface area contributed by atoms with Crippen molar-refractivity contribution >= 4 is 11.5 Å². The lowest BCUT2D eigenvalue weighted by Gasteiger charge is -2.16. The highest BCUT2D eigenvalue weighted by Gasteiger charge is 2.06. The van der Waals surface area contributed by atoms with Gasteiger partial charge in [-0.3, -0.25) is 0 Å². The molecule has 0 aliphatic heterocycles. The molecule has 0 saturated carbocycles. The van der Waals surface area contributed by atoms with Crippen molar-refractivity contribution in [3.8, 4) is 0 Å². The van der Waals surface area contributed by atoms with Gasteiger partial charge in [0.1, 0.15) is 0 Å². The van der Waals surface area contributed by atoms with Crippen LogP contribution in [0.1, 0.15) is 26.5 Å². The van der Waals surface area contributed by atoms with Gasteiger partial charge in [0, 0.05) is 18.0 Å². The number of hydrogen-bond acceptors (Lipinski definition) is 4. The van der Waals surface area contributed by atoms with E-state index in [0.29, 0.717) is 12.0 Å². The van der Waals surface area contributed by atoms with Gasteiger partial charge in [-0.1, -0.05) is 18.3 Å². The topological polar surface area (TPSA) is 37.8 Å². The normalized spacial score (nSPS) is 13.7. The summed E-state index contributed by atoms with van der Waals surface area (Å²) in [5.74, 6) is 0.664. The fourth-order valence-corrected chi connectivity index (χ4v) is 1.21. The summed E-state index contributed by atoms with van der Waals surface area (Å²) >= 11 is 1.40. The predicted octanol–water partition coefficient (Wildman–Crippen LogP) is 1.67. The molecule has 68 valence electrons. The van der Waals surface area contributed by atoms with Crippen molar-refractivity contribution in [2.24, 2.45) is 5.92 Å². The van der Waals surface area contributed by atoms with Crippen molar-refractivity contribution in [1.82, 2.24) is 14.9 Å². The zero-order valence-corrected chi connectivity index (χ0v) is 8.56. The third-order valence-electron chi connectivity index (χ3n) is 2.01. The van der Waals surface area contributed by atoms with Crippen molar-refractivity contribution < 1.29 is 0 Å². The molecule has 1 N–H and O–H groups in total. The first-order valence-electron chi connectivity index (χ1n) is 4.19. The number of nitrogens with zero attached hydrogens (tertiary/aromatic N) is 2. The second-order valence-corrected chi connectivity index (χ2v) is 3.92. The molecule has 1 aromatic heterocycles. The number of aromatic nitrogens is 2. The van der Waals surface area contributed by atoms with Crippen LogP contribution in [-0.2, 0) is 6.54 Å². The average molecular weight is 185 g/mol. The molecule has 3 nitrogen and oxygen atoms in total. The molecule has 0 aliphatic rings. The molecule has 1 atom stereocenters. The molecule has 0 aliphatic carbocycles. The summed E-state index contributed by atoms with van der Waals surface area (Å²) in [6.07, 6.45) is 0. The summed E-state index contributed by atoms with van der Waals surface area (Å²) in [5.41, 5.74) is 1.03. The summed E-state index contributed by atoms with van der Waals surface area (Å²) in [6.45, 7) is 7.42. The van der Waals surface area contributed by atoms with Gasteiger partial charge < -0.3 is 5.32 Å². The van der Waals surface area contributed by atoms with Crippen molar-refractivity contribution in [2.45, 2.75) is 33.4 Å². The van der Waals surface area contributed by atoms with E-state index in [4.69, 9.17) is 0 Å². The minimum atomic E-state index is 0.534. The first-order valence-corrected chi connectivity index (χ1v) is 5.03. The summed E-state index contributed by atoms with van der Waals surface area (Å²) in [6, 6.07) is 0.534. The van der Waals surface area contributed by atoms with Crippen LogP contribution in [0.15, 0.2) is 5.38 Å². The van der Waals surface area contributed by atoms with E-state index in [1.54, 1.807) is 0 Å². The first-order chi connectivity index (χ1) is 5.70. The van der Waals surface area contributed by atoms with Gasteiger partial charge in [0.05, 0.1) is 5.69 Å². The van der Waals surface area contributed by atoms with Gasteiger partial charge >= 0.3 is 0 Å². The van der Waals surface area contributed by atoms with E-state index in [2.05, 4.69) is 35.7 Å². The van der Waals surface area contributed by atoms with E-state index in [0.717, 1.165) is 12.2 Å².